The summed E-state index contributed by atoms with van der Waals surface area (Å²) in [5.41, 5.74) is 7.08. The number of ether oxygens (including phenoxy) is 3. The van der Waals surface area contributed by atoms with Crippen LogP contribution in [0.5, 0.6) is 5.75 Å². The maximum atomic E-state index is 12.6. The lowest BCUT2D eigenvalue weighted by Crippen LogP contribution is -2.43. The van der Waals surface area contributed by atoms with Crippen LogP contribution in [0.4, 0.5) is 4.79 Å². The number of fused-ring (bicyclic) bond motifs is 1. The normalized spacial score (nSPS) is 12.8. The monoisotopic (exact) mass is 405 g/mol. The molecule has 0 amide bonds. The number of nitrogens with zero attached hydrogens (tertiary/aromatic N) is 2. The molecule has 0 aliphatic carbocycles. The van der Waals surface area contributed by atoms with Crippen LogP contribution in [0.1, 0.15) is 26.3 Å². The number of hydrogen-bond acceptors (Lipinski definition) is 7. The van der Waals surface area contributed by atoms with E-state index in [1.165, 1.54) is 4.57 Å². The highest BCUT2D eigenvalue weighted by atomic mass is 16.7. The SMILES string of the molecule is COc1ccc2c(CCN(C)C)cn(C(=O)OCOC(=O)C(N)C(C)(C)C)c2c1. The summed E-state index contributed by atoms with van der Waals surface area (Å²) in [4.78, 5) is 26.7. The van der Waals surface area contributed by atoms with Crippen LogP contribution in [0.3, 0.4) is 0 Å². The van der Waals surface area contributed by atoms with E-state index in [1.54, 1.807) is 19.4 Å². The molecule has 1 unspecified atom stereocenters. The number of nitrogens with two attached hydrogens (primary N) is 1. The quantitative estimate of drug-likeness (QED) is 0.559. The van der Waals surface area contributed by atoms with Crippen LogP contribution in [-0.4, -0.2) is 62.1 Å². The van der Waals surface area contributed by atoms with Crippen molar-refractivity contribution in [2.45, 2.75) is 33.2 Å². The Balaban J connectivity index is 2.16. The highest BCUT2D eigenvalue weighted by Crippen LogP contribution is 2.26. The highest BCUT2D eigenvalue weighted by Gasteiger charge is 2.29. The largest absolute Gasteiger partial charge is 0.497 e. The van der Waals surface area contributed by atoms with Crippen LogP contribution in [0.15, 0.2) is 24.4 Å². The van der Waals surface area contributed by atoms with Crippen LogP contribution < -0.4 is 10.5 Å². The number of esters is 1. The van der Waals surface area contributed by atoms with Crippen molar-refractivity contribution in [1.29, 1.82) is 0 Å². The predicted molar refractivity (Wildman–Crippen MR) is 111 cm³/mol. The van der Waals surface area contributed by atoms with E-state index in [4.69, 9.17) is 19.9 Å². The lowest BCUT2D eigenvalue weighted by Gasteiger charge is -2.24. The zero-order valence-electron chi connectivity index (χ0n) is 18.0. The van der Waals surface area contributed by atoms with Gasteiger partial charge in [-0.05, 0) is 43.6 Å². The summed E-state index contributed by atoms with van der Waals surface area (Å²) in [5, 5.41) is 0.941. The van der Waals surface area contributed by atoms with Gasteiger partial charge in [0.05, 0.1) is 12.6 Å². The molecule has 1 aromatic carbocycles. The van der Waals surface area contributed by atoms with Crippen molar-refractivity contribution >= 4 is 23.0 Å². The van der Waals surface area contributed by atoms with Crippen molar-refractivity contribution in [3.63, 3.8) is 0 Å². The molecule has 1 atom stereocenters. The fourth-order valence-corrected chi connectivity index (χ4v) is 2.75. The average molecular weight is 405 g/mol. The molecule has 1 heterocycles. The minimum Gasteiger partial charge on any atom is -0.497 e. The van der Waals surface area contributed by atoms with E-state index in [9.17, 15) is 9.59 Å². The summed E-state index contributed by atoms with van der Waals surface area (Å²) in [6, 6.07) is 4.74. The third-order valence-corrected chi connectivity index (χ3v) is 4.69. The molecule has 0 saturated carbocycles. The number of benzene rings is 1. The molecular weight excluding hydrogens is 374 g/mol. The van der Waals surface area contributed by atoms with E-state index in [-0.39, 0.29) is 0 Å². The minimum atomic E-state index is -0.810. The predicted octanol–water partition coefficient (Wildman–Crippen LogP) is 2.61. The molecule has 0 fully saturated rings. The van der Waals surface area contributed by atoms with E-state index in [2.05, 4.69) is 4.90 Å². The van der Waals surface area contributed by atoms with Gasteiger partial charge in [-0.2, -0.15) is 0 Å². The first-order valence-corrected chi connectivity index (χ1v) is 9.46. The van der Waals surface area contributed by atoms with Crippen molar-refractivity contribution in [2.75, 3.05) is 34.5 Å². The summed E-state index contributed by atoms with van der Waals surface area (Å²) in [7, 11) is 5.55. The van der Waals surface area contributed by atoms with Crippen LogP contribution in [0.2, 0.25) is 0 Å². The molecule has 2 N–H and O–H groups in total. The molecule has 0 aliphatic rings. The highest BCUT2D eigenvalue weighted by molar-refractivity contribution is 5.92. The molecule has 1 aromatic heterocycles. The van der Waals surface area contributed by atoms with Gasteiger partial charge in [-0.3, -0.25) is 9.36 Å². The van der Waals surface area contributed by atoms with Gasteiger partial charge < -0.3 is 24.8 Å². The molecule has 8 heteroatoms. The fourth-order valence-electron chi connectivity index (χ4n) is 2.75. The Bertz CT molecular complexity index is 867. The van der Waals surface area contributed by atoms with Gasteiger partial charge >= 0.3 is 12.1 Å². The van der Waals surface area contributed by atoms with Gasteiger partial charge in [0.2, 0.25) is 6.79 Å². The molecule has 0 aliphatic heterocycles. The fraction of sp³-hybridized carbons (Fsp3) is 0.524. The van der Waals surface area contributed by atoms with Crippen molar-refractivity contribution in [2.24, 2.45) is 11.1 Å². The number of rotatable bonds is 7. The Morgan fingerprint density at radius 3 is 2.48 bits per heavy atom. The zero-order chi connectivity index (χ0) is 21.8. The molecule has 2 rings (SSSR count). The molecule has 8 nitrogen and oxygen atoms in total. The summed E-state index contributed by atoms with van der Waals surface area (Å²) in [6.07, 6.45) is 1.88. The number of likely N-dealkylation sites (N-methyl/N-ethyl adjacent to an activating group) is 1. The van der Waals surface area contributed by atoms with E-state index >= 15 is 0 Å². The first kappa shape index (κ1) is 22.7. The Kier molecular flexibility index (Phi) is 7.26. The third kappa shape index (κ3) is 5.71. The standard InChI is InChI=1S/C21H31N3O5/c1-21(2,3)18(22)19(25)28-13-29-20(26)24-12-14(9-10-23(4)5)16-8-7-15(27-6)11-17(16)24/h7-8,11-12,18H,9-10,13,22H2,1-6H3. The van der Waals surface area contributed by atoms with Crippen LogP contribution >= 0.6 is 0 Å². The lowest BCUT2D eigenvalue weighted by atomic mass is 9.87. The Hall–Kier alpha value is -2.58. The van der Waals surface area contributed by atoms with Crippen LogP contribution in [0.25, 0.3) is 10.9 Å². The lowest BCUT2D eigenvalue weighted by molar-refractivity contribution is -0.156. The number of hydrogen-bond donors (Lipinski definition) is 1. The Morgan fingerprint density at radius 2 is 1.90 bits per heavy atom. The molecule has 29 heavy (non-hydrogen) atoms. The first-order valence-electron chi connectivity index (χ1n) is 9.46. The number of methoxy groups -OCH3 is 1. The first-order chi connectivity index (χ1) is 13.5. The second kappa shape index (κ2) is 9.28. The molecule has 2 aromatic rings. The summed E-state index contributed by atoms with van der Waals surface area (Å²) in [6.45, 7) is 5.83. The van der Waals surface area contributed by atoms with Crippen LogP contribution in [-0.2, 0) is 20.7 Å². The minimum absolute atomic E-state index is 0.449. The summed E-state index contributed by atoms with van der Waals surface area (Å²) < 4.78 is 16.9. The number of carbonyl (C=O) groups excluding carboxylic acids is 2. The molecular formula is C21H31N3O5. The molecule has 0 radical (unpaired) electrons. The van der Waals surface area contributed by atoms with Crippen molar-refractivity contribution in [3.8, 4) is 5.75 Å². The van der Waals surface area contributed by atoms with Crippen LogP contribution in [0, 0.1) is 5.41 Å². The van der Waals surface area contributed by atoms with Gasteiger partial charge in [-0.25, -0.2) is 4.79 Å². The average Bonchev–Trinajstić information content (AvgIpc) is 3.02. The van der Waals surface area contributed by atoms with Gasteiger partial charge in [0, 0.05) is 24.2 Å². The smallest absolute Gasteiger partial charge is 0.421 e. The maximum Gasteiger partial charge on any atom is 0.421 e. The number of carbonyl (C=O) groups is 2. The molecule has 160 valence electrons. The third-order valence-electron chi connectivity index (χ3n) is 4.69. The van der Waals surface area contributed by atoms with Gasteiger partial charge in [-0.15, -0.1) is 0 Å². The zero-order valence-corrected chi connectivity index (χ0v) is 18.0. The maximum absolute atomic E-state index is 12.6. The molecule has 0 saturated heterocycles. The van der Waals surface area contributed by atoms with E-state index in [1.807, 2.05) is 47.0 Å². The second-order valence-corrected chi connectivity index (χ2v) is 8.30. The van der Waals surface area contributed by atoms with Gasteiger partial charge in [0.15, 0.2) is 0 Å². The van der Waals surface area contributed by atoms with E-state index in [0.717, 1.165) is 23.9 Å². The topological polar surface area (TPSA) is 96.0 Å². The van der Waals surface area contributed by atoms with Crippen molar-refractivity contribution in [3.05, 3.63) is 30.0 Å². The summed E-state index contributed by atoms with van der Waals surface area (Å²) in [5.74, 6) is 0.0161. The van der Waals surface area contributed by atoms with Gasteiger partial charge in [-0.1, -0.05) is 20.8 Å². The summed E-state index contributed by atoms with van der Waals surface area (Å²) >= 11 is 0. The number of aromatic nitrogens is 1. The molecule has 0 bridgehead atoms. The van der Waals surface area contributed by atoms with E-state index in [0.29, 0.717) is 11.3 Å². The van der Waals surface area contributed by atoms with Crippen molar-refractivity contribution < 1.29 is 23.8 Å². The van der Waals surface area contributed by atoms with Gasteiger partial charge in [0.25, 0.3) is 0 Å². The van der Waals surface area contributed by atoms with E-state index < -0.39 is 30.3 Å². The van der Waals surface area contributed by atoms with Gasteiger partial charge in [0.1, 0.15) is 11.8 Å². The Labute approximate surface area is 171 Å². The van der Waals surface area contributed by atoms with Crippen molar-refractivity contribution in [1.82, 2.24) is 9.47 Å². The second-order valence-electron chi connectivity index (χ2n) is 8.30. The molecule has 0 spiro atoms. The Morgan fingerprint density at radius 1 is 1.21 bits per heavy atom.